The SMILES string of the molecule is CC(=O)C(F)F.O=S(Nc1ccc2nc(Cc3ccc(Oc4ccccc4)cc3)[nH]c2c1)c1ccccc1. The van der Waals surface area contributed by atoms with Gasteiger partial charge < -0.3 is 14.4 Å². The Kier molecular flexibility index (Phi) is 8.94. The molecule has 1 unspecified atom stereocenters. The number of nitrogens with zero attached hydrogens (tertiary/aromatic N) is 1. The molecule has 0 saturated heterocycles. The number of hydrogen-bond acceptors (Lipinski definition) is 4. The number of anilines is 1. The second-order valence-corrected chi connectivity index (χ2v) is 9.46. The van der Waals surface area contributed by atoms with Gasteiger partial charge in [0.2, 0.25) is 0 Å². The van der Waals surface area contributed by atoms with Crippen molar-refractivity contribution < 1.29 is 22.5 Å². The van der Waals surface area contributed by atoms with E-state index >= 15 is 0 Å². The normalized spacial score (nSPS) is 11.5. The Hall–Kier alpha value is -4.37. The molecule has 38 heavy (non-hydrogen) atoms. The number of aromatic amines is 1. The van der Waals surface area contributed by atoms with E-state index in [4.69, 9.17) is 4.74 Å². The molecule has 9 heteroatoms. The molecule has 1 atom stereocenters. The summed E-state index contributed by atoms with van der Waals surface area (Å²) < 4.78 is 43.0. The molecule has 6 nitrogen and oxygen atoms in total. The van der Waals surface area contributed by atoms with Crippen molar-refractivity contribution in [1.82, 2.24) is 9.97 Å². The number of ketones is 1. The maximum absolute atomic E-state index is 12.5. The topological polar surface area (TPSA) is 84.1 Å². The lowest BCUT2D eigenvalue weighted by atomic mass is 10.1. The second kappa shape index (κ2) is 12.7. The van der Waals surface area contributed by atoms with E-state index in [-0.39, 0.29) is 0 Å². The molecular formula is C29H25F2N3O3S. The molecule has 0 radical (unpaired) electrons. The zero-order valence-electron chi connectivity index (χ0n) is 20.4. The predicted molar refractivity (Wildman–Crippen MR) is 145 cm³/mol. The van der Waals surface area contributed by atoms with Gasteiger partial charge in [-0.15, -0.1) is 0 Å². The number of Topliss-reactive ketones (excluding diaryl/α,β-unsaturated/α-hetero) is 1. The number of benzene rings is 4. The van der Waals surface area contributed by atoms with Gasteiger partial charge in [-0.1, -0.05) is 48.5 Å². The number of ether oxygens (including phenoxy) is 1. The Balaban J connectivity index is 0.000000505. The predicted octanol–water partition coefficient (Wildman–Crippen LogP) is 6.92. The highest BCUT2D eigenvalue weighted by Gasteiger charge is 2.08. The van der Waals surface area contributed by atoms with Crippen molar-refractivity contribution in [2.24, 2.45) is 0 Å². The first-order valence-corrected chi connectivity index (χ1v) is 12.8. The monoisotopic (exact) mass is 533 g/mol. The van der Waals surface area contributed by atoms with Crippen LogP contribution < -0.4 is 9.46 Å². The van der Waals surface area contributed by atoms with Crippen LogP contribution in [-0.4, -0.2) is 26.4 Å². The van der Waals surface area contributed by atoms with E-state index in [9.17, 15) is 17.8 Å². The van der Waals surface area contributed by atoms with Gasteiger partial charge in [-0.05, 0) is 60.2 Å². The number of hydrogen-bond donors (Lipinski definition) is 2. The van der Waals surface area contributed by atoms with Crippen LogP contribution in [0.3, 0.4) is 0 Å². The number of nitrogens with one attached hydrogen (secondary N) is 2. The fraction of sp³-hybridized carbons (Fsp3) is 0.103. The van der Waals surface area contributed by atoms with Crippen LogP contribution in [0, 0.1) is 0 Å². The first kappa shape index (κ1) is 26.7. The molecular weight excluding hydrogens is 508 g/mol. The van der Waals surface area contributed by atoms with Crippen LogP contribution >= 0.6 is 0 Å². The third kappa shape index (κ3) is 7.57. The van der Waals surface area contributed by atoms with E-state index < -0.39 is 23.2 Å². The Morgan fingerprint density at radius 2 is 1.53 bits per heavy atom. The average molecular weight is 534 g/mol. The summed E-state index contributed by atoms with van der Waals surface area (Å²) in [5.41, 5.74) is 3.68. The number of rotatable bonds is 8. The highest BCUT2D eigenvalue weighted by molar-refractivity contribution is 7.86. The van der Waals surface area contributed by atoms with Gasteiger partial charge in [-0.3, -0.25) is 4.79 Å². The fourth-order valence-corrected chi connectivity index (χ4v) is 4.28. The molecule has 0 aliphatic carbocycles. The van der Waals surface area contributed by atoms with Gasteiger partial charge in [0.1, 0.15) is 28.3 Å². The smallest absolute Gasteiger partial charge is 0.295 e. The number of alkyl halides is 2. The molecule has 1 aromatic heterocycles. The van der Waals surface area contributed by atoms with Gasteiger partial charge in [-0.2, -0.15) is 0 Å². The summed E-state index contributed by atoms with van der Waals surface area (Å²) in [5.74, 6) is 1.41. The van der Waals surface area contributed by atoms with Gasteiger partial charge >= 0.3 is 0 Å². The second-order valence-electron chi connectivity index (χ2n) is 8.25. The van der Waals surface area contributed by atoms with E-state index in [0.29, 0.717) is 6.42 Å². The minimum absolute atomic E-state index is 0.680. The van der Waals surface area contributed by atoms with Crippen LogP contribution in [0.5, 0.6) is 11.5 Å². The first-order chi connectivity index (χ1) is 18.4. The molecule has 0 aliphatic rings. The molecule has 0 fully saturated rings. The third-order valence-corrected chi connectivity index (χ3v) is 6.40. The lowest BCUT2D eigenvalue weighted by Gasteiger charge is -2.06. The number of H-pyrrole nitrogens is 1. The van der Waals surface area contributed by atoms with Crippen LogP contribution in [-0.2, 0) is 22.2 Å². The van der Waals surface area contributed by atoms with Crippen molar-refractivity contribution in [3.8, 4) is 11.5 Å². The largest absolute Gasteiger partial charge is 0.457 e. The van der Waals surface area contributed by atoms with E-state index in [1.165, 1.54) is 0 Å². The summed E-state index contributed by atoms with van der Waals surface area (Å²) in [7, 11) is -1.32. The van der Waals surface area contributed by atoms with Crippen molar-refractivity contribution >= 4 is 33.5 Å². The first-order valence-electron chi connectivity index (χ1n) is 11.7. The summed E-state index contributed by atoms with van der Waals surface area (Å²) >= 11 is 0. The average Bonchev–Trinajstić information content (AvgIpc) is 3.33. The summed E-state index contributed by atoms with van der Waals surface area (Å²) in [6.45, 7) is 0.852. The highest BCUT2D eigenvalue weighted by atomic mass is 32.2. The van der Waals surface area contributed by atoms with E-state index in [2.05, 4.69) is 14.7 Å². The van der Waals surface area contributed by atoms with Gasteiger partial charge in [0.25, 0.3) is 6.43 Å². The Bertz CT molecular complexity index is 1510. The third-order valence-electron chi connectivity index (χ3n) is 5.28. The summed E-state index contributed by atoms with van der Waals surface area (Å²) in [6, 6.07) is 32.8. The maximum atomic E-state index is 12.5. The van der Waals surface area contributed by atoms with E-state index in [0.717, 1.165) is 51.4 Å². The molecule has 194 valence electrons. The van der Waals surface area contributed by atoms with Crippen LogP contribution in [0.4, 0.5) is 14.5 Å². The number of carbonyl (C=O) groups is 1. The molecule has 1 heterocycles. The molecule has 0 spiro atoms. The molecule has 0 bridgehead atoms. The molecule has 4 aromatic carbocycles. The molecule has 0 saturated carbocycles. The van der Waals surface area contributed by atoms with Crippen molar-refractivity contribution in [2.45, 2.75) is 24.7 Å². The highest BCUT2D eigenvalue weighted by Crippen LogP contribution is 2.23. The maximum Gasteiger partial charge on any atom is 0.295 e. The number of fused-ring (bicyclic) bond motifs is 1. The quantitative estimate of drug-likeness (QED) is 0.227. The molecule has 0 amide bonds. The lowest BCUT2D eigenvalue weighted by molar-refractivity contribution is -0.127. The zero-order valence-corrected chi connectivity index (χ0v) is 21.3. The van der Waals surface area contributed by atoms with E-state index in [1.54, 1.807) is 0 Å². The standard InChI is InChI=1S/C26H21N3O2S.C3H4F2O/c30-32(23-9-5-2-6-10-23)29-20-13-16-24-25(18-20)28-26(27-24)17-19-11-14-22(15-12-19)31-21-7-3-1-4-8-21;1-2(6)3(4)5/h1-16,18,29H,17H2,(H,27,28);3H,1H3. The van der Waals surface area contributed by atoms with Crippen LogP contribution in [0.2, 0.25) is 0 Å². The molecule has 0 aliphatic heterocycles. The van der Waals surface area contributed by atoms with Crippen molar-refractivity contribution in [1.29, 1.82) is 0 Å². The van der Waals surface area contributed by atoms with Crippen LogP contribution in [0.25, 0.3) is 11.0 Å². The molecule has 5 rings (SSSR count). The van der Waals surface area contributed by atoms with Gasteiger partial charge in [0, 0.05) is 19.0 Å². The Morgan fingerprint density at radius 1 is 0.921 bits per heavy atom. The minimum atomic E-state index is -2.79. The Morgan fingerprint density at radius 3 is 2.16 bits per heavy atom. The fourth-order valence-electron chi connectivity index (χ4n) is 3.41. The number of imidazole rings is 1. The van der Waals surface area contributed by atoms with Gasteiger partial charge in [-0.25, -0.2) is 18.0 Å². The van der Waals surface area contributed by atoms with Crippen molar-refractivity contribution in [3.05, 3.63) is 115 Å². The van der Waals surface area contributed by atoms with Crippen molar-refractivity contribution in [2.75, 3.05) is 4.72 Å². The summed E-state index contributed by atoms with van der Waals surface area (Å²) in [5, 5.41) is 0. The van der Waals surface area contributed by atoms with E-state index in [1.807, 2.05) is 103 Å². The zero-order chi connectivity index (χ0) is 26.9. The summed E-state index contributed by atoms with van der Waals surface area (Å²) in [6.07, 6.45) is -2.11. The molecule has 2 N–H and O–H groups in total. The van der Waals surface area contributed by atoms with Crippen molar-refractivity contribution in [3.63, 3.8) is 0 Å². The molecule has 5 aromatic rings. The number of carbonyl (C=O) groups excluding carboxylic acids is 1. The van der Waals surface area contributed by atoms with Gasteiger partial charge in [0.05, 0.1) is 15.9 Å². The Labute approximate surface area is 221 Å². The summed E-state index contributed by atoms with van der Waals surface area (Å²) in [4.78, 5) is 18.2. The number of halogens is 2. The van der Waals surface area contributed by atoms with Crippen LogP contribution in [0.1, 0.15) is 18.3 Å². The number of aromatic nitrogens is 2. The number of para-hydroxylation sites is 1. The van der Waals surface area contributed by atoms with Gasteiger partial charge in [0.15, 0.2) is 5.78 Å². The van der Waals surface area contributed by atoms with Crippen LogP contribution in [0.15, 0.2) is 108 Å². The minimum Gasteiger partial charge on any atom is -0.457 e. The lowest BCUT2D eigenvalue weighted by Crippen LogP contribution is -2.04.